The second kappa shape index (κ2) is 6.68. The van der Waals surface area contributed by atoms with Crippen molar-refractivity contribution in [2.45, 2.75) is 18.7 Å². The largest absolute Gasteiger partial charge is 0.480 e. The Bertz CT molecular complexity index is 640. The van der Waals surface area contributed by atoms with Crippen molar-refractivity contribution in [2.24, 2.45) is 0 Å². The second-order valence-electron chi connectivity index (χ2n) is 4.44. The Balaban J connectivity index is 3.11. The first-order valence-electron chi connectivity index (χ1n) is 6.05. The van der Waals surface area contributed by atoms with Crippen molar-refractivity contribution in [3.63, 3.8) is 0 Å². The van der Waals surface area contributed by atoms with Crippen LogP contribution in [0.25, 0.3) is 0 Å². The van der Waals surface area contributed by atoms with Crippen molar-refractivity contribution in [2.75, 3.05) is 14.2 Å². The summed E-state index contributed by atoms with van der Waals surface area (Å²) in [6.45, 7) is 1.27. The predicted octanol–water partition coefficient (Wildman–Crippen LogP) is 0.708. The van der Waals surface area contributed by atoms with Gasteiger partial charge in [-0.25, -0.2) is 13.2 Å². The third-order valence-electron chi connectivity index (χ3n) is 3.10. The molecule has 0 saturated carbocycles. The standard InChI is InChI=1S/C13H17NO6S/c1-9(12(15)16)14(2)21(18,19)8-10-6-4-5-7-11(10)13(17)20-3/h4-7,9H,8H2,1-3H3,(H,15,16). The highest BCUT2D eigenvalue weighted by atomic mass is 32.2. The molecule has 0 heterocycles. The molecule has 1 aromatic carbocycles. The van der Waals surface area contributed by atoms with Crippen molar-refractivity contribution in [3.05, 3.63) is 35.4 Å². The van der Waals surface area contributed by atoms with Crippen LogP contribution < -0.4 is 0 Å². The number of rotatable bonds is 6. The SMILES string of the molecule is COC(=O)c1ccccc1CS(=O)(=O)N(C)C(C)C(=O)O. The lowest BCUT2D eigenvalue weighted by Gasteiger charge is -2.21. The van der Waals surface area contributed by atoms with Gasteiger partial charge in [-0.3, -0.25) is 4.79 Å². The van der Waals surface area contributed by atoms with Crippen LogP contribution >= 0.6 is 0 Å². The molecule has 0 aliphatic rings. The molecule has 1 aromatic rings. The number of hydrogen-bond acceptors (Lipinski definition) is 5. The third-order valence-corrected chi connectivity index (χ3v) is 4.97. The van der Waals surface area contributed by atoms with Gasteiger partial charge in [0.2, 0.25) is 10.0 Å². The molecule has 0 bridgehead atoms. The predicted molar refractivity (Wildman–Crippen MR) is 75.3 cm³/mol. The first kappa shape index (κ1) is 17.1. The molecule has 21 heavy (non-hydrogen) atoms. The highest BCUT2D eigenvalue weighted by Gasteiger charge is 2.29. The molecule has 0 aromatic heterocycles. The Hall–Kier alpha value is -1.93. The van der Waals surface area contributed by atoms with Gasteiger partial charge < -0.3 is 9.84 Å². The van der Waals surface area contributed by atoms with E-state index in [0.717, 1.165) is 4.31 Å². The average Bonchev–Trinajstić information content (AvgIpc) is 2.44. The zero-order valence-electron chi connectivity index (χ0n) is 11.9. The van der Waals surface area contributed by atoms with E-state index in [0.29, 0.717) is 0 Å². The van der Waals surface area contributed by atoms with Crippen LogP contribution in [0.1, 0.15) is 22.8 Å². The highest BCUT2D eigenvalue weighted by molar-refractivity contribution is 7.88. The fourth-order valence-corrected chi connectivity index (χ4v) is 3.07. The summed E-state index contributed by atoms with van der Waals surface area (Å²) in [5, 5.41) is 8.88. The molecular formula is C13H17NO6S. The fraction of sp³-hybridized carbons (Fsp3) is 0.385. The van der Waals surface area contributed by atoms with Gasteiger partial charge in [-0.05, 0) is 18.6 Å². The summed E-state index contributed by atoms with van der Waals surface area (Å²) < 4.78 is 29.8. The molecule has 1 atom stereocenters. The monoisotopic (exact) mass is 315 g/mol. The number of ether oxygens (including phenoxy) is 1. The summed E-state index contributed by atoms with van der Waals surface area (Å²) in [6.07, 6.45) is 0. The van der Waals surface area contributed by atoms with Gasteiger partial charge in [0.15, 0.2) is 0 Å². The number of aliphatic carboxylic acids is 1. The molecule has 0 amide bonds. The van der Waals surface area contributed by atoms with Crippen molar-refractivity contribution in [3.8, 4) is 0 Å². The van der Waals surface area contributed by atoms with Crippen LogP contribution in [0.2, 0.25) is 0 Å². The van der Waals surface area contributed by atoms with Gasteiger partial charge >= 0.3 is 11.9 Å². The average molecular weight is 315 g/mol. The van der Waals surface area contributed by atoms with Crippen LogP contribution in [0.15, 0.2) is 24.3 Å². The number of nitrogens with zero attached hydrogens (tertiary/aromatic N) is 1. The van der Waals surface area contributed by atoms with E-state index in [1.165, 1.54) is 33.2 Å². The molecule has 7 nitrogen and oxygen atoms in total. The maximum atomic E-state index is 12.2. The van der Waals surface area contributed by atoms with E-state index in [2.05, 4.69) is 4.74 Å². The van der Waals surface area contributed by atoms with Gasteiger partial charge in [-0.1, -0.05) is 18.2 Å². The summed E-state index contributed by atoms with van der Waals surface area (Å²) in [4.78, 5) is 22.5. The van der Waals surface area contributed by atoms with E-state index in [9.17, 15) is 18.0 Å². The molecule has 0 saturated heterocycles. The highest BCUT2D eigenvalue weighted by Crippen LogP contribution is 2.17. The van der Waals surface area contributed by atoms with Crippen LogP contribution in [-0.2, 0) is 25.3 Å². The Morgan fingerprint density at radius 2 is 1.90 bits per heavy atom. The number of carboxylic acids is 1. The second-order valence-corrected chi connectivity index (χ2v) is 6.46. The summed E-state index contributed by atoms with van der Waals surface area (Å²) in [5.41, 5.74) is 0.397. The van der Waals surface area contributed by atoms with E-state index in [-0.39, 0.29) is 11.1 Å². The van der Waals surface area contributed by atoms with E-state index in [1.807, 2.05) is 0 Å². The van der Waals surface area contributed by atoms with Crippen LogP contribution in [0.4, 0.5) is 0 Å². The van der Waals surface area contributed by atoms with E-state index >= 15 is 0 Å². The Morgan fingerprint density at radius 3 is 2.43 bits per heavy atom. The number of carbonyl (C=O) groups excluding carboxylic acids is 1. The van der Waals surface area contributed by atoms with Gasteiger partial charge in [-0.2, -0.15) is 4.31 Å². The normalized spacial score (nSPS) is 13.0. The van der Waals surface area contributed by atoms with E-state index in [1.54, 1.807) is 12.1 Å². The summed E-state index contributed by atoms with van der Waals surface area (Å²) >= 11 is 0. The molecule has 1 rings (SSSR count). The molecule has 0 aliphatic carbocycles. The number of likely N-dealkylation sites (N-methyl/N-ethyl adjacent to an activating group) is 1. The Morgan fingerprint density at radius 1 is 1.33 bits per heavy atom. The molecule has 1 unspecified atom stereocenters. The van der Waals surface area contributed by atoms with Crippen LogP contribution in [0.3, 0.4) is 0 Å². The minimum Gasteiger partial charge on any atom is -0.480 e. The minimum absolute atomic E-state index is 0.139. The molecule has 0 radical (unpaired) electrons. The van der Waals surface area contributed by atoms with Crippen molar-refractivity contribution >= 4 is 22.0 Å². The van der Waals surface area contributed by atoms with Crippen LogP contribution in [0.5, 0.6) is 0 Å². The smallest absolute Gasteiger partial charge is 0.338 e. The zero-order chi connectivity index (χ0) is 16.2. The Labute approximate surface area is 123 Å². The van der Waals surface area contributed by atoms with Crippen molar-refractivity contribution < 1.29 is 27.9 Å². The minimum atomic E-state index is -3.88. The van der Waals surface area contributed by atoms with Crippen molar-refractivity contribution in [1.82, 2.24) is 4.31 Å². The topological polar surface area (TPSA) is 101 Å². The van der Waals surface area contributed by atoms with Crippen LogP contribution in [-0.4, -0.2) is 50.0 Å². The number of carbonyl (C=O) groups is 2. The van der Waals surface area contributed by atoms with Gasteiger partial charge in [0.25, 0.3) is 0 Å². The quantitative estimate of drug-likeness (QED) is 0.776. The number of carboxylic acid groups (broad SMARTS) is 1. The van der Waals surface area contributed by atoms with Crippen LogP contribution in [0, 0.1) is 0 Å². The number of hydrogen-bond donors (Lipinski definition) is 1. The first-order chi connectivity index (χ1) is 9.70. The number of sulfonamides is 1. The lowest BCUT2D eigenvalue weighted by Crippen LogP contribution is -2.40. The number of methoxy groups -OCH3 is 1. The van der Waals surface area contributed by atoms with Gasteiger partial charge in [0.05, 0.1) is 18.4 Å². The number of benzene rings is 1. The maximum absolute atomic E-state index is 12.2. The zero-order valence-corrected chi connectivity index (χ0v) is 12.8. The van der Waals surface area contributed by atoms with E-state index in [4.69, 9.17) is 5.11 Å². The third kappa shape index (κ3) is 4.02. The summed E-state index contributed by atoms with van der Waals surface area (Å²) in [7, 11) is -1.49. The summed E-state index contributed by atoms with van der Waals surface area (Å²) in [5.74, 6) is -2.37. The molecule has 0 spiro atoms. The summed E-state index contributed by atoms with van der Waals surface area (Å²) in [6, 6.07) is 4.94. The molecule has 0 fully saturated rings. The van der Waals surface area contributed by atoms with Gasteiger partial charge in [0.1, 0.15) is 6.04 Å². The van der Waals surface area contributed by atoms with Crippen molar-refractivity contribution in [1.29, 1.82) is 0 Å². The fourth-order valence-electron chi connectivity index (χ4n) is 1.65. The molecule has 116 valence electrons. The lowest BCUT2D eigenvalue weighted by molar-refractivity contribution is -0.140. The first-order valence-corrected chi connectivity index (χ1v) is 7.66. The Kier molecular flexibility index (Phi) is 5.45. The number of esters is 1. The molecular weight excluding hydrogens is 298 g/mol. The molecule has 8 heteroatoms. The lowest BCUT2D eigenvalue weighted by atomic mass is 10.1. The molecule has 1 N–H and O–H groups in total. The maximum Gasteiger partial charge on any atom is 0.338 e. The van der Waals surface area contributed by atoms with Gasteiger partial charge in [0, 0.05) is 7.05 Å². The molecule has 0 aliphatic heterocycles. The van der Waals surface area contributed by atoms with E-state index < -0.39 is 33.8 Å². The van der Waals surface area contributed by atoms with Gasteiger partial charge in [-0.15, -0.1) is 0 Å².